The van der Waals surface area contributed by atoms with Gasteiger partial charge in [0.25, 0.3) is 0 Å². The first-order valence-electron chi connectivity index (χ1n) is 7.16. The highest BCUT2D eigenvalue weighted by Crippen LogP contribution is 2.24. The third kappa shape index (κ3) is 3.11. The minimum Gasteiger partial charge on any atom is -0.494 e. The molecular weight excluding hydrogens is 257 g/mol. The molecule has 0 bridgehead atoms. The average Bonchev–Trinajstić information content (AvgIpc) is 2.38. The van der Waals surface area contributed by atoms with Gasteiger partial charge in [-0.25, -0.2) is 4.39 Å². The molecule has 1 aromatic rings. The number of halogens is 1. The zero-order chi connectivity index (χ0) is 14.7. The molecule has 1 saturated heterocycles. The summed E-state index contributed by atoms with van der Waals surface area (Å²) in [7, 11) is 1.43. The highest BCUT2D eigenvalue weighted by Gasteiger charge is 2.28. The Balaban J connectivity index is 2.09. The van der Waals surface area contributed by atoms with Crippen LogP contribution in [0.4, 0.5) is 4.39 Å². The van der Waals surface area contributed by atoms with Gasteiger partial charge < -0.3 is 9.64 Å². The van der Waals surface area contributed by atoms with Gasteiger partial charge in [0, 0.05) is 12.1 Å². The second-order valence-electron chi connectivity index (χ2n) is 5.58. The molecule has 2 atom stereocenters. The Morgan fingerprint density at radius 1 is 1.35 bits per heavy atom. The molecule has 2 unspecified atom stereocenters. The van der Waals surface area contributed by atoms with Crippen LogP contribution in [0.2, 0.25) is 0 Å². The van der Waals surface area contributed by atoms with Gasteiger partial charge in [-0.2, -0.15) is 0 Å². The van der Waals surface area contributed by atoms with Gasteiger partial charge in [0.15, 0.2) is 11.6 Å². The zero-order valence-electron chi connectivity index (χ0n) is 12.4. The number of carbonyl (C=O) groups excluding carboxylic acids is 1. The molecular formula is C16H22FNO2. The lowest BCUT2D eigenvalue weighted by atomic mass is 9.96. The molecule has 0 aliphatic carbocycles. The van der Waals surface area contributed by atoms with Gasteiger partial charge in [0.05, 0.1) is 13.5 Å². The zero-order valence-corrected chi connectivity index (χ0v) is 12.4. The molecule has 0 N–H and O–H groups in total. The number of likely N-dealkylation sites (tertiary alicyclic amines) is 1. The molecule has 1 amide bonds. The fourth-order valence-corrected chi connectivity index (χ4v) is 3.00. The van der Waals surface area contributed by atoms with Crippen LogP contribution in [0.25, 0.3) is 0 Å². The molecule has 2 rings (SSSR count). The Morgan fingerprint density at radius 3 is 2.55 bits per heavy atom. The van der Waals surface area contributed by atoms with Crippen molar-refractivity contribution in [3.05, 3.63) is 29.6 Å². The predicted molar refractivity (Wildman–Crippen MR) is 76.3 cm³/mol. The molecule has 1 heterocycles. The van der Waals surface area contributed by atoms with Gasteiger partial charge in [0.1, 0.15) is 0 Å². The molecule has 1 aliphatic heterocycles. The van der Waals surface area contributed by atoms with Crippen molar-refractivity contribution < 1.29 is 13.9 Å². The molecule has 1 aliphatic rings. The molecule has 110 valence electrons. The van der Waals surface area contributed by atoms with Crippen molar-refractivity contribution in [2.45, 2.75) is 51.6 Å². The summed E-state index contributed by atoms with van der Waals surface area (Å²) in [5, 5.41) is 0. The smallest absolute Gasteiger partial charge is 0.227 e. The van der Waals surface area contributed by atoms with E-state index in [1.165, 1.54) is 19.6 Å². The summed E-state index contributed by atoms with van der Waals surface area (Å²) in [6.45, 7) is 4.17. The number of hydrogen-bond donors (Lipinski definition) is 0. The summed E-state index contributed by atoms with van der Waals surface area (Å²) < 4.78 is 18.5. The van der Waals surface area contributed by atoms with E-state index in [0.29, 0.717) is 5.56 Å². The quantitative estimate of drug-likeness (QED) is 0.850. The first-order chi connectivity index (χ1) is 9.52. The summed E-state index contributed by atoms with van der Waals surface area (Å²) in [5.74, 6) is -0.132. The minimum atomic E-state index is -0.419. The number of amides is 1. The maximum atomic E-state index is 13.6. The highest BCUT2D eigenvalue weighted by atomic mass is 19.1. The standard InChI is InChI=1S/C16H22FNO2/c1-11-5-4-6-12(2)18(11)16(19)10-13-7-8-15(20-3)14(17)9-13/h7-9,11-12H,4-6,10H2,1-3H3. The molecule has 0 radical (unpaired) electrons. The number of methoxy groups -OCH3 is 1. The lowest BCUT2D eigenvalue weighted by molar-refractivity contribution is -0.136. The second-order valence-corrected chi connectivity index (χ2v) is 5.58. The van der Waals surface area contributed by atoms with E-state index in [-0.39, 0.29) is 30.2 Å². The second kappa shape index (κ2) is 6.25. The van der Waals surface area contributed by atoms with E-state index in [9.17, 15) is 9.18 Å². The lowest BCUT2D eigenvalue weighted by Gasteiger charge is -2.39. The lowest BCUT2D eigenvalue weighted by Crippen LogP contribution is -2.48. The number of carbonyl (C=O) groups is 1. The third-order valence-corrected chi connectivity index (χ3v) is 4.05. The highest BCUT2D eigenvalue weighted by molar-refractivity contribution is 5.79. The van der Waals surface area contributed by atoms with Crippen LogP contribution in [-0.2, 0) is 11.2 Å². The van der Waals surface area contributed by atoms with E-state index in [2.05, 4.69) is 13.8 Å². The predicted octanol–water partition coefficient (Wildman–Crippen LogP) is 3.17. The van der Waals surface area contributed by atoms with Crippen molar-refractivity contribution in [2.24, 2.45) is 0 Å². The molecule has 3 nitrogen and oxygen atoms in total. The molecule has 1 aromatic carbocycles. The van der Waals surface area contributed by atoms with Gasteiger partial charge in [-0.05, 0) is 50.8 Å². The number of hydrogen-bond acceptors (Lipinski definition) is 2. The summed E-state index contributed by atoms with van der Waals surface area (Å²) in [5.41, 5.74) is 0.693. The van der Waals surface area contributed by atoms with E-state index >= 15 is 0 Å². The van der Waals surface area contributed by atoms with Crippen LogP contribution in [0.1, 0.15) is 38.7 Å². The van der Waals surface area contributed by atoms with Crippen LogP contribution < -0.4 is 4.74 Å². The van der Waals surface area contributed by atoms with E-state index in [1.54, 1.807) is 12.1 Å². The van der Waals surface area contributed by atoms with Crippen LogP contribution in [0.5, 0.6) is 5.75 Å². The topological polar surface area (TPSA) is 29.5 Å². The summed E-state index contributed by atoms with van der Waals surface area (Å²) in [6, 6.07) is 5.25. The summed E-state index contributed by atoms with van der Waals surface area (Å²) in [4.78, 5) is 14.4. The Labute approximate surface area is 119 Å². The van der Waals surface area contributed by atoms with Crippen LogP contribution in [-0.4, -0.2) is 30.0 Å². The van der Waals surface area contributed by atoms with Crippen molar-refractivity contribution in [3.63, 3.8) is 0 Å². The molecule has 1 fully saturated rings. The number of ether oxygens (including phenoxy) is 1. The van der Waals surface area contributed by atoms with Crippen molar-refractivity contribution in [3.8, 4) is 5.75 Å². The van der Waals surface area contributed by atoms with E-state index in [0.717, 1.165) is 12.8 Å². The molecule has 0 aromatic heterocycles. The van der Waals surface area contributed by atoms with Crippen LogP contribution in [0.3, 0.4) is 0 Å². The van der Waals surface area contributed by atoms with Crippen LogP contribution in [0.15, 0.2) is 18.2 Å². The van der Waals surface area contributed by atoms with Gasteiger partial charge >= 0.3 is 0 Å². The number of benzene rings is 1. The van der Waals surface area contributed by atoms with Crippen molar-refractivity contribution in [2.75, 3.05) is 7.11 Å². The third-order valence-electron chi connectivity index (χ3n) is 4.05. The monoisotopic (exact) mass is 279 g/mol. The van der Waals surface area contributed by atoms with E-state index in [4.69, 9.17) is 4.74 Å². The van der Waals surface area contributed by atoms with Crippen molar-refractivity contribution >= 4 is 5.91 Å². The molecule has 4 heteroatoms. The van der Waals surface area contributed by atoms with Gasteiger partial charge in [-0.1, -0.05) is 6.07 Å². The summed E-state index contributed by atoms with van der Waals surface area (Å²) >= 11 is 0. The normalized spacial score (nSPS) is 22.7. The Bertz CT molecular complexity index is 479. The summed E-state index contributed by atoms with van der Waals surface area (Å²) in [6.07, 6.45) is 3.51. The van der Waals surface area contributed by atoms with Crippen molar-refractivity contribution in [1.82, 2.24) is 4.90 Å². The number of piperidine rings is 1. The van der Waals surface area contributed by atoms with E-state index < -0.39 is 5.82 Å². The van der Waals surface area contributed by atoms with Gasteiger partial charge in [0.2, 0.25) is 5.91 Å². The first-order valence-corrected chi connectivity index (χ1v) is 7.16. The largest absolute Gasteiger partial charge is 0.494 e. The fourth-order valence-electron chi connectivity index (χ4n) is 3.00. The first kappa shape index (κ1) is 14.8. The van der Waals surface area contributed by atoms with Crippen LogP contribution in [0, 0.1) is 5.82 Å². The minimum absolute atomic E-state index is 0.0780. The van der Waals surface area contributed by atoms with Crippen molar-refractivity contribution in [1.29, 1.82) is 0 Å². The number of nitrogens with zero attached hydrogens (tertiary/aromatic N) is 1. The average molecular weight is 279 g/mol. The number of rotatable bonds is 3. The SMILES string of the molecule is COc1ccc(CC(=O)N2C(C)CCCC2C)cc1F. The molecule has 0 spiro atoms. The van der Waals surface area contributed by atoms with E-state index in [1.807, 2.05) is 4.90 Å². The fraction of sp³-hybridized carbons (Fsp3) is 0.562. The Hall–Kier alpha value is -1.58. The Kier molecular flexibility index (Phi) is 4.63. The molecule has 0 saturated carbocycles. The van der Waals surface area contributed by atoms with Crippen LogP contribution >= 0.6 is 0 Å². The van der Waals surface area contributed by atoms with Gasteiger partial charge in [-0.15, -0.1) is 0 Å². The maximum absolute atomic E-state index is 13.6. The Morgan fingerprint density at radius 2 is 2.00 bits per heavy atom. The van der Waals surface area contributed by atoms with Gasteiger partial charge in [-0.3, -0.25) is 4.79 Å². The molecule has 20 heavy (non-hydrogen) atoms. The maximum Gasteiger partial charge on any atom is 0.227 e.